The maximum absolute atomic E-state index is 11.8. The van der Waals surface area contributed by atoms with E-state index < -0.39 is 5.97 Å². The number of benzene rings is 2. The highest BCUT2D eigenvalue weighted by molar-refractivity contribution is 9.10. The Bertz CT molecular complexity index is 1120. The number of carbonyl (C=O) groups is 1. The summed E-state index contributed by atoms with van der Waals surface area (Å²) in [5, 5.41) is 11.5. The average molecular weight is 489 g/mol. The molecule has 0 spiro atoms. The first-order chi connectivity index (χ1) is 14.3. The molecule has 1 aromatic heterocycles. The molecule has 0 atom stereocenters. The Hall–Kier alpha value is -2.78. The predicted octanol–water partition coefficient (Wildman–Crippen LogP) is 4.89. The van der Waals surface area contributed by atoms with Gasteiger partial charge in [-0.2, -0.15) is 14.9 Å². The Balaban J connectivity index is 1.87. The summed E-state index contributed by atoms with van der Waals surface area (Å²) >= 11 is 8.77. The number of hydrogen-bond donors (Lipinski definition) is 1. The van der Waals surface area contributed by atoms with Crippen molar-refractivity contribution in [3.63, 3.8) is 0 Å². The summed E-state index contributed by atoms with van der Waals surface area (Å²) in [7, 11) is 0. The number of halogens is 1. The van der Waals surface area contributed by atoms with Gasteiger partial charge in [-0.15, -0.1) is 0 Å². The van der Waals surface area contributed by atoms with Crippen LogP contribution in [0, 0.1) is 11.7 Å². The van der Waals surface area contributed by atoms with Crippen molar-refractivity contribution in [2.75, 3.05) is 6.61 Å². The van der Waals surface area contributed by atoms with Crippen molar-refractivity contribution in [1.82, 2.24) is 14.9 Å². The van der Waals surface area contributed by atoms with Crippen molar-refractivity contribution in [1.29, 1.82) is 0 Å². The van der Waals surface area contributed by atoms with E-state index in [1.807, 2.05) is 43.3 Å². The number of nitrogens with zero attached hydrogens (tertiary/aromatic N) is 3. The summed E-state index contributed by atoms with van der Waals surface area (Å²) in [6.45, 7) is 5.40. The van der Waals surface area contributed by atoms with Crippen LogP contribution in [0.1, 0.15) is 25.0 Å². The molecule has 0 saturated carbocycles. The third-order valence-corrected chi connectivity index (χ3v) is 4.71. The highest BCUT2D eigenvalue weighted by Crippen LogP contribution is 2.23. The molecule has 1 N–H and O–H groups in total. The Kier molecular flexibility index (Phi) is 7.17. The van der Waals surface area contributed by atoms with E-state index >= 15 is 0 Å². The molecular weight excluding hydrogens is 468 g/mol. The zero-order valence-corrected chi connectivity index (χ0v) is 19.2. The fourth-order valence-corrected chi connectivity index (χ4v) is 3.15. The number of hydrogen-bond acceptors (Lipinski definition) is 6. The third-order valence-electron chi connectivity index (χ3n) is 3.96. The van der Waals surface area contributed by atoms with Gasteiger partial charge in [-0.3, -0.25) is 0 Å². The molecule has 1 heterocycles. The van der Waals surface area contributed by atoms with E-state index in [2.05, 4.69) is 31.2 Å². The zero-order valence-electron chi connectivity index (χ0n) is 16.8. The van der Waals surface area contributed by atoms with Crippen LogP contribution in [0.25, 0.3) is 11.4 Å². The number of aryl methyl sites for hydroxylation is 1. The van der Waals surface area contributed by atoms with Crippen molar-refractivity contribution >= 4 is 40.3 Å². The minimum atomic E-state index is -0.436. The summed E-state index contributed by atoms with van der Waals surface area (Å²) in [6, 6.07) is 13.3. The first-order valence-corrected chi connectivity index (χ1v) is 10.4. The predicted molar refractivity (Wildman–Crippen MR) is 121 cm³/mol. The average Bonchev–Trinajstić information content (AvgIpc) is 3.06. The molecule has 0 fully saturated rings. The van der Waals surface area contributed by atoms with Crippen LogP contribution < -0.4 is 4.74 Å². The quantitative estimate of drug-likeness (QED) is 0.290. The second-order valence-corrected chi connectivity index (χ2v) is 8.09. The molecule has 2 aromatic carbocycles. The molecule has 156 valence electrons. The van der Waals surface area contributed by atoms with Crippen LogP contribution in [0.5, 0.6) is 5.75 Å². The molecule has 0 saturated heterocycles. The lowest BCUT2D eigenvalue weighted by Crippen LogP contribution is -2.19. The summed E-state index contributed by atoms with van der Waals surface area (Å²) in [4.78, 5) is 11.8. The van der Waals surface area contributed by atoms with Gasteiger partial charge < -0.3 is 9.47 Å². The molecule has 30 heavy (non-hydrogen) atoms. The number of ether oxygens (including phenoxy) is 2. The van der Waals surface area contributed by atoms with Crippen molar-refractivity contribution in [3.05, 3.63) is 62.8 Å². The van der Waals surface area contributed by atoms with Crippen LogP contribution in [0.3, 0.4) is 0 Å². The van der Waals surface area contributed by atoms with Crippen molar-refractivity contribution in [2.45, 2.75) is 26.9 Å². The number of nitrogens with one attached hydrogen (secondary N) is 1. The van der Waals surface area contributed by atoms with Crippen molar-refractivity contribution in [3.8, 4) is 17.1 Å². The molecule has 3 aromatic rings. The number of aromatic amines is 1. The molecule has 3 rings (SSSR count). The minimum absolute atomic E-state index is 0.194. The monoisotopic (exact) mass is 488 g/mol. The second-order valence-electron chi connectivity index (χ2n) is 6.78. The molecule has 0 bridgehead atoms. The van der Waals surface area contributed by atoms with E-state index in [-0.39, 0.29) is 12.7 Å². The maximum atomic E-state index is 11.8. The second kappa shape index (κ2) is 9.82. The smallest absolute Gasteiger partial charge is 0.344 e. The van der Waals surface area contributed by atoms with Gasteiger partial charge in [-0.25, -0.2) is 9.89 Å². The van der Waals surface area contributed by atoms with Gasteiger partial charge in [-0.1, -0.05) is 45.8 Å². The van der Waals surface area contributed by atoms with Crippen molar-refractivity contribution < 1.29 is 14.3 Å². The summed E-state index contributed by atoms with van der Waals surface area (Å²) in [5.41, 5.74) is 2.70. The number of H-pyrrole nitrogens is 1. The van der Waals surface area contributed by atoms with Crippen molar-refractivity contribution in [2.24, 2.45) is 5.10 Å². The number of aromatic nitrogens is 3. The van der Waals surface area contributed by atoms with Gasteiger partial charge >= 0.3 is 5.97 Å². The molecule has 7 nitrogen and oxygen atoms in total. The van der Waals surface area contributed by atoms with Crippen LogP contribution in [0.4, 0.5) is 0 Å². The van der Waals surface area contributed by atoms with Gasteiger partial charge in [-0.05, 0) is 51.2 Å². The first-order valence-electron chi connectivity index (χ1n) is 9.24. The standard InChI is InChI=1S/C21H21BrN4O3S/c1-13(2)29-19(27)12-28-18-9-8-17(22)10-16(18)11-23-26-20(24-25-21(26)30)15-6-4-14(3)5-7-15/h4-11,13H,12H2,1-3H3,(H,25,30). The van der Waals surface area contributed by atoms with E-state index in [4.69, 9.17) is 21.7 Å². The number of rotatable bonds is 7. The van der Waals surface area contributed by atoms with Crippen LogP contribution in [0.2, 0.25) is 0 Å². The SMILES string of the molecule is Cc1ccc(-c2n[nH]c(=S)n2N=Cc2cc(Br)ccc2OCC(=O)OC(C)C)cc1. The molecular formula is C21H21BrN4O3S. The highest BCUT2D eigenvalue weighted by atomic mass is 79.9. The minimum Gasteiger partial charge on any atom is -0.481 e. The number of carbonyl (C=O) groups excluding carboxylic acids is 1. The fraction of sp³-hybridized carbons (Fsp3) is 0.238. The van der Waals surface area contributed by atoms with E-state index in [1.165, 1.54) is 4.68 Å². The van der Waals surface area contributed by atoms with E-state index in [1.54, 1.807) is 26.1 Å². The molecule has 0 aliphatic carbocycles. The first kappa shape index (κ1) is 21.9. The molecule has 0 aliphatic rings. The lowest BCUT2D eigenvalue weighted by atomic mass is 10.1. The normalized spacial score (nSPS) is 11.2. The van der Waals surface area contributed by atoms with Crippen LogP contribution in [0.15, 0.2) is 52.0 Å². The molecule has 9 heteroatoms. The van der Waals surface area contributed by atoms with Crippen LogP contribution in [-0.2, 0) is 9.53 Å². The van der Waals surface area contributed by atoms with E-state index in [9.17, 15) is 4.79 Å². The Morgan fingerprint density at radius 3 is 2.73 bits per heavy atom. The number of esters is 1. The maximum Gasteiger partial charge on any atom is 0.344 e. The van der Waals surface area contributed by atoms with Gasteiger partial charge in [0.05, 0.1) is 12.3 Å². The highest BCUT2D eigenvalue weighted by Gasteiger charge is 2.11. The summed E-state index contributed by atoms with van der Waals surface area (Å²) in [5.74, 6) is 0.651. The summed E-state index contributed by atoms with van der Waals surface area (Å²) in [6.07, 6.45) is 1.41. The molecule has 0 unspecified atom stereocenters. The van der Waals surface area contributed by atoms with Gasteiger partial charge in [0.2, 0.25) is 4.77 Å². The Labute approximate surface area is 187 Å². The molecule has 0 radical (unpaired) electrons. The van der Waals surface area contributed by atoms with Gasteiger partial charge in [0.25, 0.3) is 0 Å². The topological polar surface area (TPSA) is 81.5 Å². The third kappa shape index (κ3) is 5.64. The summed E-state index contributed by atoms with van der Waals surface area (Å²) < 4.78 is 13.5. The zero-order chi connectivity index (χ0) is 21.7. The van der Waals surface area contributed by atoms with Gasteiger partial charge in [0.1, 0.15) is 5.75 Å². The van der Waals surface area contributed by atoms with Crippen LogP contribution >= 0.6 is 28.1 Å². The fourth-order valence-electron chi connectivity index (χ4n) is 2.59. The lowest BCUT2D eigenvalue weighted by Gasteiger charge is -2.11. The Morgan fingerprint density at radius 2 is 2.03 bits per heavy atom. The molecule has 0 amide bonds. The Morgan fingerprint density at radius 1 is 1.30 bits per heavy atom. The van der Waals surface area contributed by atoms with E-state index in [0.29, 0.717) is 21.9 Å². The van der Waals surface area contributed by atoms with Gasteiger partial charge in [0.15, 0.2) is 12.4 Å². The van der Waals surface area contributed by atoms with Crippen LogP contribution in [-0.4, -0.2) is 39.8 Å². The molecule has 0 aliphatic heterocycles. The lowest BCUT2D eigenvalue weighted by molar-refractivity contribution is -0.149. The largest absolute Gasteiger partial charge is 0.481 e. The van der Waals surface area contributed by atoms with E-state index in [0.717, 1.165) is 15.6 Å². The van der Waals surface area contributed by atoms with Gasteiger partial charge in [0, 0.05) is 15.6 Å².